The number of anilines is 1. The summed E-state index contributed by atoms with van der Waals surface area (Å²) in [6.45, 7) is 2.09. The number of amides is 1. The van der Waals surface area contributed by atoms with E-state index < -0.39 is 12.1 Å². The molecule has 0 spiro atoms. The van der Waals surface area contributed by atoms with E-state index >= 15 is 0 Å². The SMILES string of the molecule is CN(C)c1ccc(C(=O)N2CCc3ncc(-c4cccnc4)n3CC2)cc1.O=C(O)C(F)(F)F. The summed E-state index contributed by atoms with van der Waals surface area (Å²) >= 11 is 0. The number of carbonyl (C=O) groups excluding carboxylic acids is 1. The molecule has 1 amide bonds. The highest BCUT2D eigenvalue weighted by Gasteiger charge is 2.38. The monoisotopic (exact) mass is 475 g/mol. The zero-order valence-electron chi connectivity index (χ0n) is 18.7. The van der Waals surface area contributed by atoms with Crippen LogP contribution in [0.2, 0.25) is 0 Å². The molecule has 180 valence electrons. The van der Waals surface area contributed by atoms with E-state index in [9.17, 15) is 18.0 Å². The van der Waals surface area contributed by atoms with Crippen LogP contribution in [0.25, 0.3) is 11.3 Å². The first kappa shape index (κ1) is 24.7. The molecular formula is C23H24F3N5O3. The van der Waals surface area contributed by atoms with Crippen LogP contribution >= 0.6 is 0 Å². The average Bonchev–Trinajstić information content (AvgIpc) is 3.10. The first-order valence-corrected chi connectivity index (χ1v) is 10.4. The molecule has 2 aromatic heterocycles. The number of aliphatic carboxylic acids is 1. The van der Waals surface area contributed by atoms with Gasteiger partial charge in [-0.05, 0) is 36.4 Å². The molecule has 0 saturated heterocycles. The molecule has 0 saturated carbocycles. The van der Waals surface area contributed by atoms with Gasteiger partial charge in [0.1, 0.15) is 5.82 Å². The topological polar surface area (TPSA) is 91.6 Å². The predicted octanol–water partition coefficient (Wildman–Crippen LogP) is 3.34. The lowest BCUT2D eigenvalue weighted by Crippen LogP contribution is -2.33. The van der Waals surface area contributed by atoms with Crippen LogP contribution in [-0.2, 0) is 17.8 Å². The largest absolute Gasteiger partial charge is 0.490 e. The molecule has 3 heterocycles. The number of imidazole rings is 1. The average molecular weight is 475 g/mol. The van der Waals surface area contributed by atoms with Crippen LogP contribution in [0.3, 0.4) is 0 Å². The van der Waals surface area contributed by atoms with Gasteiger partial charge in [0.2, 0.25) is 0 Å². The van der Waals surface area contributed by atoms with Gasteiger partial charge in [-0.15, -0.1) is 0 Å². The maximum absolute atomic E-state index is 12.9. The van der Waals surface area contributed by atoms with Gasteiger partial charge >= 0.3 is 12.1 Å². The molecule has 4 rings (SSSR count). The fourth-order valence-corrected chi connectivity index (χ4v) is 3.46. The Hall–Kier alpha value is -3.89. The fraction of sp³-hybridized carbons (Fsp3) is 0.304. The third-order valence-electron chi connectivity index (χ3n) is 5.25. The van der Waals surface area contributed by atoms with Gasteiger partial charge in [0.05, 0.1) is 11.9 Å². The summed E-state index contributed by atoms with van der Waals surface area (Å²) in [6.07, 6.45) is 1.20. The maximum Gasteiger partial charge on any atom is 0.490 e. The van der Waals surface area contributed by atoms with E-state index in [2.05, 4.69) is 14.5 Å². The maximum atomic E-state index is 12.9. The van der Waals surface area contributed by atoms with Gasteiger partial charge in [-0.25, -0.2) is 9.78 Å². The highest BCUT2D eigenvalue weighted by molar-refractivity contribution is 5.94. The van der Waals surface area contributed by atoms with E-state index in [-0.39, 0.29) is 5.91 Å². The zero-order chi connectivity index (χ0) is 24.9. The number of carboxylic acids is 1. The summed E-state index contributed by atoms with van der Waals surface area (Å²) in [5, 5.41) is 7.12. The molecule has 1 aliphatic rings. The van der Waals surface area contributed by atoms with Crippen LogP contribution < -0.4 is 4.90 Å². The molecule has 3 aromatic rings. The number of pyridine rings is 1. The van der Waals surface area contributed by atoms with Crippen molar-refractivity contribution in [2.24, 2.45) is 0 Å². The second-order valence-electron chi connectivity index (χ2n) is 7.74. The highest BCUT2D eigenvalue weighted by atomic mass is 19.4. The molecule has 0 atom stereocenters. The van der Waals surface area contributed by atoms with Gasteiger partial charge in [0, 0.05) is 69.4 Å². The summed E-state index contributed by atoms with van der Waals surface area (Å²) in [7, 11) is 3.99. The molecule has 1 N–H and O–H groups in total. The minimum Gasteiger partial charge on any atom is -0.475 e. The molecule has 0 radical (unpaired) electrons. The number of halogens is 3. The lowest BCUT2D eigenvalue weighted by atomic mass is 10.1. The molecular weight excluding hydrogens is 451 g/mol. The summed E-state index contributed by atoms with van der Waals surface area (Å²) in [6, 6.07) is 11.7. The van der Waals surface area contributed by atoms with Crippen LogP contribution in [-0.4, -0.2) is 69.8 Å². The Bertz CT molecular complexity index is 1130. The van der Waals surface area contributed by atoms with Crippen molar-refractivity contribution in [2.75, 3.05) is 32.1 Å². The summed E-state index contributed by atoms with van der Waals surface area (Å²) in [5.41, 5.74) is 3.93. The standard InChI is InChI=1S/C21H23N5O.C2HF3O2/c1-24(2)18-7-5-16(6-8-18)21(27)25-11-9-20-23-15-19(26(20)13-12-25)17-4-3-10-22-14-17;3-2(4,5)1(6)7/h3-8,10,14-15H,9,11-13H2,1-2H3;(H,6,7). The van der Waals surface area contributed by atoms with Crippen molar-refractivity contribution < 1.29 is 27.9 Å². The van der Waals surface area contributed by atoms with Gasteiger partial charge in [-0.3, -0.25) is 9.78 Å². The number of hydrogen-bond acceptors (Lipinski definition) is 5. The smallest absolute Gasteiger partial charge is 0.475 e. The summed E-state index contributed by atoms with van der Waals surface area (Å²) in [4.78, 5) is 34.6. The second kappa shape index (κ2) is 10.4. The summed E-state index contributed by atoms with van der Waals surface area (Å²) < 4.78 is 33.9. The molecule has 1 aliphatic heterocycles. The Morgan fingerprint density at radius 2 is 1.71 bits per heavy atom. The van der Waals surface area contributed by atoms with E-state index in [0.29, 0.717) is 13.1 Å². The molecule has 1 aromatic carbocycles. The first-order chi connectivity index (χ1) is 16.1. The number of hydrogen-bond donors (Lipinski definition) is 1. The highest BCUT2D eigenvalue weighted by Crippen LogP contribution is 2.23. The molecule has 0 aliphatic carbocycles. The molecule has 0 fully saturated rings. The molecule has 34 heavy (non-hydrogen) atoms. The van der Waals surface area contributed by atoms with Crippen molar-refractivity contribution >= 4 is 17.6 Å². The minimum absolute atomic E-state index is 0.0778. The Morgan fingerprint density at radius 3 is 2.26 bits per heavy atom. The fourth-order valence-electron chi connectivity index (χ4n) is 3.46. The predicted molar refractivity (Wildman–Crippen MR) is 120 cm³/mol. The number of nitrogens with zero attached hydrogens (tertiary/aromatic N) is 5. The van der Waals surface area contributed by atoms with E-state index in [1.165, 1.54) is 0 Å². The Morgan fingerprint density at radius 1 is 1.03 bits per heavy atom. The number of rotatable bonds is 3. The van der Waals surface area contributed by atoms with E-state index in [0.717, 1.165) is 41.3 Å². The van der Waals surface area contributed by atoms with E-state index in [1.54, 1.807) is 6.20 Å². The molecule has 11 heteroatoms. The minimum atomic E-state index is -5.08. The van der Waals surface area contributed by atoms with Crippen molar-refractivity contribution in [2.45, 2.75) is 19.1 Å². The van der Waals surface area contributed by atoms with Gasteiger partial charge in [-0.2, -0.15) is 13.2 Å². The lowest BCUT2D eigenvalue weighted by molar-refractivity contribution is -0.192. The lowest BCUT2D eigenvalue weighted by Gasteiger charge is -2.21. The van der Waals surface area contributed by atoms with Crippen LogP contribution in [0.1, 0.15) is 16.2 Å². The van der Waals surface area contributed by atoms with Gasteiger partial charge in [0.15, 0.2) is 0 Å². The van der Waals surface area contributed by atoms with E-state index in [1.807, 2.05) is 72.7 Å². The van der Waals surface area contributed by atoms with E-state index in [4.69, 9.17) is 9.90 Å². The number of carbonyl (C=O) groups is 2. The van der Waals surface area contributed by atoms with Crippen LogP contribution in [0.15, 0.2) is 55.0 Å². The molecule has 0 unspecified atom stereocenters. The Kier molecular flexibility index (Phi) is 7.54. The zero-order valence-corrected chi connectivity index (χ0v) is 18.7. The van der Waals surface area contributed by atoms with Gasteiger partial charge in [-0.1, -0.05) is 0 Å². The van der Waals surface area contributed by atoms with Crippen molar-refractivity contribution in [3.05, 3.63) is 66.4 Å². The quantitative estimate of drug-likeness (QED) is 0.625. The van der Waals surface area contributed by atoms with Crippen LogP contribution in [0, 0.1) is 0 Å². The normalized spacial score (nSPS) is 13.3. The molecule has 0 bridgehead atoms. The van der Waals surface area contributed by atoms with Crippen molar-refractivity contribution in [1.82, 2.24) is 19.4 Å². The Labute approximate surface area is 194 Å². The Balaban J connectivity index is 0.000000406. The van der Waals surface area contributed by atoms with Gasteiger partial charge in [0.25, 0.3) is 5.91 Å². The number of aromatic nitrogens is 3. The van der Waals surface area contributed by atoms with Crippen molar-refractivity contribution in [1.29, 1.82) is 0 Å². The second-order valence-corrected chi connectivity index (χ2v) is 7.74. The van der Waals surface area contributed by atoms with Crippen molar-refractivity contribution in [3.8, 4) is 11.3 Å². The third-order valence-corrected chi connectivity index (χ3v) is 5.25. The number of fused-ring (bicyclic) bond motifs is 1. The third kappa shape index (κ3) is 5.91. The number of alkyl halides is 3. The van der Waals surface area contributed by atoms with Crippen molar-refractivity contribution in [3.63, 3.8) is 0 Å². The number of benzene rings is 1. The molecule has 8 nitrogen and oxygen atoms in total. The van der Waals surface area contributed by atoms with Crippen LogP contribution in [0.5, 0.6) is 0 Å². The van der Waals surface area contributed by atoms with Gasteiger partial charge < -0.3 is 19.5 Å². The van der Waals surface area contributed by atoms with Crippen LogP contribution in [0.4, 0.5) is 18.9 Å². The number of carboxylic acid groups (broad SMARTS) is 1. The first-order valence-electron chi connectivity index (χ1n) is 10.4. The summed E-state index contributed by atoms with van der Waals surface area (Å²) in [5.74, 6) is -1.66.